The summed E-state index contributed by atoms with van der Waals surface area (Å²) < 4.78 is 0. The molecule has 0 saturated heterocycles. The topological polar surface area (TPSA) is 49.4 Å². The first-order valence-electron chi connectivity index (χ1n) is 7.91. The van der Waals surface area contributed by atoms with Crippen LogP contribution in [0.4, 0.5) is 11.4 Å². The molecular weight excluding hydrogens is 359 g/mol. The van der Waals surface area contributed by atoms with E-state index in [1.54, 1.807) is 18.2 Å². The number of carbonyl (C=O) groups excluding carboxylic acids is 2. The van der Waals surface area contributed by atoms with Gasteiger partial charge in [-0.3, -0.25) is 9.59 Å². The normalized spacial score (nSPS) is 10.6. The number of nitrogens with zero attached hydrogens (tertiary/aromatic N) is 1. The van der Waals surface area contributed by atoms with Crippen molar-refractivity contribution in [3.05, 3.63) is 58.1 Å². The Morgan fingerprint density at radius 2 is 1.72 bits per heavy atom. The molecule has 0 unspecified atom stereocenters. The van der Waals surface area contributed by atoms with Crippen molar-refractivity contribution in [2.75, 3.05) is 16.8 Å². The quantitative estimate of drug-likeness (QED) is 0.785. The van der Waals surface area contributed by atoms with Crippen molar-refractivity contribution >= 4 is 46.4 Å². The van der Waals surface area contributed by atoms with Gasteiger partial charge in [-0.15, -0.1) is 0 Å². The van der Waals surface area contributed by atoms with Crippen molar-refractivity contribution in [2.45, 2.75) is 26.7 Å². The van der Waals surface area contributed by atoms with Gasteiger partial charge in [0.15, 0.2) is 0 Å². The second kappa shape index (κ2) is 8.37. The molecule has 0 saturated carbocycles. The van der Waals surface area contributed by atoms with E-state index in [0.717, 1.165) is 0 Å². The number of hydrogen-bond acceptors (Lipinski definition) is 2. The Kier molecular flexibility index (Phi) is 6.45. The molecule has 6 heteroatoms. The van der Waals surface area contributed by atoms with E-state index in [2.05, 4.69) is 19.2 Å². The van der Waals surface area contributed by atoms with Gasteiger partial charge in [0.05, 0.1) is 10.7 Å². The van der Waals surface area contributed by atoms with Gasteiger partial charge in [0.1, 0.15) is 6.54 Å². The van der Waals surface area contributed by atoms with E-state index in [-0.39, 0.29) is 18.4 Å². The average Bonchev–Trinajstić information content (AvgIpc) is 2.55. The number of hydrogen-bond donors (Lipinski definition) is 1. The Morgan fingerprint density at radius 1 is 1.08 bits per heavy atom. The first kappa shape index (κ1) is 19.3. The van der Waals surface area contributed by atoms with Crippen molar-refractivity contribution < 1.29 is 9.59 Å². The minimum atomic E-state index is -0.316. The molecule has 0 atom stereocenters. The molecule has 0 aliphatic heterocycles. The van der Waals surface area contributed by atoms with Crippen LogP contribution in [-0.4, -0.2) is 18.4 Å². The summed E-state index contributed by atoms with van der Waals surface area (Å²) in [6.45, 7) is 5.43. The summed E-state index contributed by atoms with van der Waals surface area (Å²) in [6, 6.07) is 12.4. The lowest BCUT2D eigenvalue weighted by atomic mass is 10.0. The summed E-state index contributed by atoms with van der Waals surface area (Å²) >= 11 is 12.1. The fourth-order valence-corrected chi connectivity index (χ4v) is 2.74. The molecule has 0 spiro atoms. The highest BCUT2D eigenvalue weighted by Gasteiger charge is 2.19. The first-order valence-corrected chi connectivity index (χ1v) is 8.66. The highest BCUT2D eigenvalue weighted by Crippen LogP contribution is 2.29. The second-order valence-electron chi connectivity index (χ2n) is 6.03. The van der Waals surface area contributed by atoms with Crippen LogP contribution in [0, 0.1) is 0 Å². The van der Waals surface area contributed by atoms with Gasteiger partial charge >= 0.3 is 0 Å². The third-order valence-electron chi connectivity index (χ3n) is 3.74. The van der Waals surface area contributed by atoms with Crippen LogP contribution in [0.5, 0.6) is 0 Å². The van der Waals surface area contributed by atoms with Gasteiger partial charge in [-0.2, -0.15) is 0 Å². The average molecular weight is 379 g/mol. The van der Waals surface area contributed by atoms with Crippen LogP contribution >= 0.6 is 23.2 Å². The van der Waals surface area contributed by atoms with E-state index in [9.17, 15) is 9.59 Å². The van der Waals surface area contributed by atoms with Crippen LogP contribution in [-0.2, 0) is 9.59 Å². The van der Waals surface area contributed by atoms with Crippen molar-refractivity contribution in [3.63, 3.8) is 0 Å². The van der Waals surface area contributed by atoms with E-state index in [1.807, 2.05) is 24.3 Å². The maximum absolute atomic E-state index is 12.3. The number of anilines is 2. The summed E-state index contributed by atoms with van der Waals surface area (Å²) in [4.78, 5) is 25.6. The van der Waals surface area contributed by atoms with Gasteiger partial charge in [-0.25, -0.2) is 0 Å². The lowest BCUT2D eigenvalue weighted by Gasteiger charge is -2.22. The van der Waals surface area contributed by atoms with Crippen LogP contribution in [0.15, 0.2) is 42.5 Å². The van der Waals surface area contributed by atoms with Crippen LogP contribution < -0.4 is 10.2 Å². The Balaban J connectivity index is 2.13. The zero-order chi connectivity index (χ0) is 18.6. The van der Waals surface area contributed by atoms with E-state index >= 15 is 0 Å². The number of benzene rings is 2. The molecule has 2 aromatic carbocycles. The van der Waals surface area contributed by atoms with E-state index in [0.29, 0.717) is 27.3 Å². The SMILES string of the molecule is CC(=O)N(CC(=O)Nc1ccc(C(C)C)cc1)c1cc(Cl)ccc1Cl. The molecule has 25 heavy (non-hydrogen) atoms. The van der Waals surface area contributed by atoms with Gasteiger partial charge < -0.3 is 10.2 Å². The van der Waals surface area contributed by atoms with Gasteiger partial charge in [0.2, 0.25) is 11.8 Å². The predicted molar refractivity (Wildman–Crippen MR) is 104 cm³/mol. The summed E-state index contributed by atoms with van der Waals surface area (Å²) in [5.41, 5.74) is 2.27. The molecule has 0 heterocycles. The van der Waals surface area contributed by atoms with Gasteiger partial charge in [-0.05, 0) is 41.8 Å². The molecule has 132 valence electrons. The Morgan fingerprint density at radius 3 is 2.28 bits per heavy atom. The molecule has 0 aliphatic carbocycles. The van der Waals surface area contributed by atoms with E-state index < -0.39 is 0 Å². The molecule has 1 N–H and O–H groups in total. The highest BCUT2D eigenvalue weighted by molar-refractivity contribution is 6.35. The Bertz CT molecular complexity index is 773. The minimum absolute atomic E-state index is 0.151. The number of nitrogens with one attached hydrogen (secondary N) is 1. The monoisotopic (exact) mass is 378 g/mol. The fourth-order valence-electron chi connectivity index (χ4n) is 2.35. The molecule has 2 aromatic rings. The predicted octanol–water partition coefficient (Wildman–Crippen LogP) is 5.11. The number of rotatable bonds is 5. The lowest BCUT2D eigenvalue weighted by Crippen LogP contribution is -2.36. The molecule has 2 rings (SSSR count). The van der Waals surface area contributed by atoms with E-state index in [1.165, 1.54) is 17.4 Å². The number of amides is 2. The molecule has 0 aromatic heterocycles. The van der Waals surface area contributed by atoms with E-state index in [4.69, 9.17) is 23.2 Å². The second-order valence-corrected chi connectivity index (χ2v) is 6.87. The van der Waals surface area contributed by atoms with Crippen molar-refractivity contribution in [3.8, 4) is 0 Å². The van der Waals surface area contributed by atoms with Crippen molar-refractivity contribution in [1.29, 1.82) is 0 Å². The fraction of sp³-hybridized carbons (Fsp3) is 0.263. The number of carbonyl (C=O) groups is 2. The Hall–Kier alpha value is -2.04. The molecule has 0 bridgehead atoms. The number of halogens is 2. The largest absolute Gasteiger partial charge is 0.325 e. The van der Waals surface area contributed by atoms with Crippen LogP contribution in [0.1, 0.15) is 32.3 Å². The standard InChI is InChI=1S/C19H20Cl2N2O2/c1-12(2)14-4-7-16(8-5-14)22-19(25)11-23(13(3)24)18-10-15(20)6-9-17(18)21/h4-10,12H,11H2,1-3H3,(H,22,25). The van der Waals surface area contributed by atoms with Crippen molar-refractivity contribution in [2.24, 2.45) is 0 Å². The summed E-state index contributed by atoms with van der Waals surface area (Å²) in [5.74, 6) is -0.194. The summed E-state index contributed by atoms with van der Waals surface area (Å²) in [7, 11) is 0. The molecule has 4 nitrogen and oxygen atoms in total. The third kappa shape index (κ3) is 5.21. The van der Waals surface area contributed by atoms with Crippen LogP contribution in [0.3, 0.4) is 0 Å². The minimum Gasteiger partial charge on any atom is -0.325 e. The first-order chi connectivity index (χ1) is 11.8. The summed E-state index contributed by atoms with van der Waals surface area (Å²) in [6.07, 6.45) is 0. The molecule has 2 amide bonds. The molecular formula is C19H20Cl2N2O2. The maximum Gasteiger partial charge on any atom is 0.244 e. The smallest absolute Gasteiger partial charge is 0.244 e. The van der Waals surface area contributed by atoms with Gasteiger partial charge in [-0.1, -0.05) is 49.2 Å². The zero-order valence-electron chi connectivity index (χ0n) is 14.3. The lowest BCUT2D eigenvalue weighted by molar-refractivity contribution is -0.120. The molecule has 0 radical (unpaired) electrons. The van der Waals surface area contributed by atoms with Gasteiger partial charge in [0, 0.05) is 17.6 Å². The van der Waals surface area contributed by atoms with Crippen molar-refractivity contribution in [1.82, 2.24) is 0 Å². The highest BCUT2D eigenvalue weighted by atomic mass is 35.5. The zero-order valence-corrected chi connectivity index (χ0v) is 15.9. The van der Waals surface area contributed by atoms with Crippen LogP contribution in [0.25, 0.3) is 0 Å². The summed E-state index contributed by atoms with van der Waals surface area (Å²) in [5, 5.41) is 3.58. The Labute approximate surface area is 157 Å². The molecule has 0 fully saturated rings. The van der Waals surface area contributed by atoms with Gasteiger partial charge in [0.25, 0.3) is 0 Å². The third-order valence-corrected chi connectivity index (χ3v) is 4.30. The van der Waals surface area contributed by atoms with Crippen LogP contribution in [0.2, 0.25) is 10.0 Å². The maximum atomic E-state index is 12.3. The molecule has 0 aliphatic rings.